The molecule has 1 fully saturated rings. The molecule has 1 amide bonds. The largest absolute Gasteiger partial charge is 0.326 e. The highest BCUT2D eigenvalue weighted by molar-refractivity contribution is 6.30. The number of carbonyl (C=O) groups is 1. The Morgan fingerprint density at radius 3 is 2.59 bits per heavy atom. The lowest BCUT2D eigenvalue weighted by Gasteiger charge is -2.32. The first-order chi connectivity index (χ1) is 14.0. The molecule has 3 nitrogen and oxygen atoms in total. The lowest BCUT2D eigenvalue weighted by molar-refractivity contribution is -0.121. The molecule has 0 saturated heterocycles. The molecule has 152 valence electrons. The Morgan fingerprint density at radius 1 is 1.14 bits per heavy atom. The zero-order valence-electron chi connectivity index (χ0n) is 16.4. The molecule has 4 rings (SSSR count). The summed E-state index contributed by atoms with van der Waals surface area (Å²) in [6.07, 6.45) is 5.78. The van der Waals surface area contributed by atoms with Crippen molar-refractivity contribution in [1.82, 2.24) is 4.98 Å². The summed E-state index contributed by atoms with van der Waals surface area (Å²) in [6, 6.07) is 14.0. The highest BCUT2D eigenvalue weighted by Crippen LogP contribution is 2.41. The first-order valence-electron chi connectivity index (χ1n) is 10.1. The van der Waals surface area contributed by atoms with E-state index in [0.29, 0.717) is 16.9 Å². The molecule has 1 saturated carbocycles. The van der Waals surface area contributed by atoms with Gasteiger partial charge >= 0.3 is 0 Å². The maximum absolute atomic E-state index is 13.8. The van der Waals surface area contributed by atoms with E-state index in [0.717, 1.165) is 42.3 Å². The average Bonchev–Trinajstić information content (AvgIpc) is 2.74. The van der Waals surface area contributed by atoms with Gasteiger partial charge in [-0.15, -0.1) is 0 Å². The smallest absolute Gasteiger partial charge is 0.227 e. The number of rotatable bonds is 4. The van der Waals surface area contributed by atoms with E-state index in [2.05, 4.69) is 10.3 Å². The number of nitrogens with one attached hydrogen (secondary N) is 1. The first kappa shape index (κ1) is 19.8. The number of halogens is 2. The summed E-state index contributed by atoms with van der Waals surface area (Å²) in [5.74, 6) is 0.492. The normalized spacial score (nSPS) is 20.4. The van der Waals surface area contributed by atoms with E-state index in [1.54, 1.807) is 24.3 Å². The van der Waals surface area contributed by atoms with Crippen LogP contribution in [0.15, 0.2) is 54.7 Å². The minimum atomic E-state index is -0.229. The van der Waals surface area contributed by atoms with Crippen LogP contribution in [-0.4, -0.2) is 10.9 Å². The number of pyridine rings is 1. The Kier molecular flexibility index (Phi) is 5.81. The molecule has 1 aliphatic carbocycles. The Hall–Kier alpha value is -2.46. The first-order valence-corrected chi connectivity index (χ1v) is 10.5. The van der Waals surface area contributed by atoms with Gasteiger partial charge in [-0.1, -0.05) is 18.5 Å². The summed E-state index contributed by atoms with van der Waals surface area (Å²) in [4.78, 5) is 17.0. The van der Waals surface area contributed by atoms with Gasteiger partial charge in [-0.25, -0.2) is 4.39 Å². The molecule has 29 heavy (non-hydrogen) atoms. The Bertz CT molecular complexity index is 1020. The van der Waals surface area contributed by atoms with Crippen molar-refractivity contribution in [2.45, 2.75) is 38.5 Å². The highest BCUT2D eigenvalue weighted by Gasteiger charge is 2.30. The van der Waals surface area contributed by atoms with Crippen molar-refractivity contribution in [2.75, 3.05) is 5.32 Å². The van der Waals surface area contributed by atoms with Gasteiger partial charge in [0.25, 0.3) is 0 Å². The number of hydrogen-bond acceptors (Lipinski definition) is 2. The summed E-state index contributed by atoms with van der Waals surface area (Å²) >= 11 is 5.90. The fourth-order valence-electron chi connectivity index (χ4n) is 4.43. The summed E-state index contributed by atoms with van der Waals surface area (Å²) in [7, 11) is 0. The third-order valence-electron chi connectivity index (χ3n) is 6.18. The van der Waals surface area contributed by atoms with Crippen LogP contribution in [-0.2, 0) is 4.79 Å². The van der Waals surface area contributed by atoms with Crippen LogP contribution in [0, 0.1) is 17.7 Å². The summed E-state index contributed by atoms with van der Waals surface area (Å²) in [5.41, 5.74) is 2.78. The average molecular weight is 412 g/mol. The van der Waals surface area contributed by atoms with E-state index in [9.17, 15) is 9.18 Å². The van der Waals surface area contributed by atoms with Gasteiger partial charge in [0, 0.05) is 29.6 Å². The second kappa shape index (κ2) is 8.50. The molecule has 3 aromatic rings. The van der Waals surface area contributed by atoms with Crippen molar-refractivity contribution in [1.29, 1.82) is 0 Å². The van der Waals surface area contributed by atoms with Crippen LogP contribution in [0.2, 0.25) is 5.02 Å². The number of carbonyl (C=O) groups excluding carboxylic acids is 1. The predicted octanol–water partition coefficient (Wildman–Crippen LogP) is 6.82. The van der Waals surface area contributed by atoms with Crippen molar-refractivity contribution in [3.63, 3.8) is 0 Å². The van der Waals surface area contributed by atoms with Crippen molar-refractivity contribution in [3.8, 4) is 0 Å². The van der Waals surface area contributed by atoms with Gasteiger partial charge in [0.05, 0.1) is 5.52 Å². The Labute approximate surface area is 176 Å². The molecule has 1 aromatic heterocycles. The Balaban J connectivity index is 0.00000256. The SMILES string of the molecule is CC(C(=O)Nc1ccc(Cl)cc1)C1CCC(c2ccnc3ccc([18F])cc23)CC1.[HH]. The molecule has 2 aromatic carbocycles. The van der Waals surface area contributed by atoms with Crippen molar-refractivity contribution >= 4 is 34.1 Å². The number of aromatic nitrogens is 1. The third kappa shape index (κ3) is 4.43. The molecule has 0 aliphatic heterocycles. The number of anilines is 1. The van der Waals surface area contributed by atoms with Gasteiger partial charge in [0.15, 0.2) is 0 Å². The topological polar surface area (TPSA) is 42.0 Å². The molecule has 5 heteroatoms. The van der Waals surface area contributed by atoms with Gasteiger partial charge in [0.2, 0.25) is 5.91 Å². The van der Waals surface area contributed by atoms with E-state index in [4.69, 9.17) is 11.6 Å². The lowest BCUT2D eigenvalue weighted by Crippen LogP contribution is -2.29. The molecule has 0 spiro atoms. The standard InChI is InChI=1S/C24H24ClFN2O.H2/c1-15(24(29)28-20-9-6-18(25)7-10-20)16-2-4-17(5-3-16)21-12-13-27-23-11-8-19(26)14-22(21)23;/h6-17H,2-5H2,1H3,(H,28,29);1H/i26-1;. The summed E-state index contributed by atoms with van der Waals surface area (Å²) in [6.45, 7) is 2.01. The monoisotopic (exact) mass is 411 g/mol. The van der Waals surface area contributed by atoms with E-state index in [1.807, 2.05) is 31.3 Å². The maximum atomic E-state index is 13.8. The van der Waals surface area contributed by atoms with Gasteiger partial charge < -0.3 is 5.32 Å². The van der Waals surface area contributed by atoms with E-state index in [1.165, 1.54) is 11.6 Å². The second-order valence-corrected chi connectivity index (χ2v) is 8.39. The minimum Gasteiger partial charge on any atom is -0.326 e. The van der Waals surface area contributed by atoms with Crippen molar-refractivity contribution in [3.05, 3.63) is 71.1 Å². The van der Waals surface area contributed by atoms with Gasteiger partial charge in [0.1, 0.15) is 5.82 Å². The molecular formula is C24H26ClFN2O. The zero-order valence-corrected chi connectivity index (χ0v) is 17.1. The maximum Gasteiger partial charge on any atom is 0.227 e. The fraction of sp³-hybridized carbons (Fsp3) is 0.333. The lowest BCUT2D eigenvalue weighted by atomic mass is 9.73. The van der Waals surface area contributed by atoms with Crippen LogP contribution in [0.3, 0.4) is 0 Å². The number of hydrogen-bond donors (Lipinski definition) is 1. The molecule has 0 radical (unpaired) electrons. The highest BCUT2D eigenvalue weighted by atomic mass is 35.5. The fourth-order valence-corrected chi connectivity index (χ4v) is 4.56. The number of benzene rings is 2. The molecule has 1 heterocycles. The molecule has 1 aliphatic rings. The second-order valence-electron chi connectivity index (χ2n) is 7.96. The molecular weight excluding hydrogens is 386 g/mol. The number of amides is 1. The van der Waals surface area contributed by atoms with Crippen molar-refractivity contribution in [2.24, 2.45) is 11.8 Å². The quantitative estimate of drug-likeness (QED) is 0.511. The van der Waals surface area contributed by atoms with Crippen LogP contribution < -0.4 is 5.32 Å². The van der Waals surface area contributed by atoms with E-state index in [-0.39, 0.29) is 19.1 Å². The summed E-state index contributed by atoms with van der Waals surface area (Å²) in [5, 5.41) is 4.55. The summed E-state index contributed by atoms with van der Waals surface area (Å²) < 4.78 is 13.8. The number of nitrogens with zero attached hydrogens (tertiary/aromatic N) is 1. The molecule has 1 atom stereocenters. The predicted molar refractivity (Wildman–Crippen MR) is 118 cm³/mol. The molecule has 0 bridgehead atoms. The molecule has 1 N–H and O–H groups in total. The van der Waals surface area contributed by atoms with Crippen LogP contribution >= 0.6 is 11.6 Å². The van der Waals surface area contributed by atoms with E-state index >= 15 is 0 Å². The van der Waals surface area contributed by atoms with Gasteiger partial charge in [-0.2, -0.15) is 0 Å². The number of fused-ring (bicyclic) bond motifs is 1. The van der Waals surface area contributed by atoms with Crippen molar-refractivity contribution < 1.29 is 10.6 Å². The van der Waals surface area contributed by atoms with Crippen LogP contribution in [0.5, 0.6) is 0 Å². The van der Waals surface area contributed by atoms with E-state index < -0.39 is 0 Å². The van der Waals surface area contributed by atoms with Crippen LogP contribution in [0.25, 0.3) is 10.9 Å². The Morgan fingerprint density at radius 2 is 1.86 bits per heavy atom. The molecule has 1 unspecified atom stereocenters. The van der Waals surface area contributed by atoms with Gasteiger partial charge in [-0.3, -0.25) is 9.78 Å². The third-order valence-corrected chi connectivity index (χ3v) is 6.43. The minimum absolute atomic E-state index is 0. The van der Waals surface area contributed by atoms with Gasteiger partial charge in [-0.05, 0) is 91.6 Å². The van der Waals surface area contributed by atoms with Crippen LogP contribution in [0.4, 0.5) is 10.1 Å². The zero-order chi connectivity index (χ0) is 20.4. The van der Waals surface area contributed by atoms with Crippen LogP contribution in [0.1, 0.15) is 45.5 Å².